The van der Waals surface area contributed by atoms with Gasteiger partial charge in [-0.3, -0.25) is 0 Å². The smallest absolute Gasteiger partial charge is 0.130 e. The first-order chi connectivity index (χ1) is 6.80. The van der Waals surface area contributed by atoms with Crippen molar-refractivity contribution in [2.75, 3.05) is 14.2 Å². The van der Waals surface area contributed by atoms with Gasteiger partial charge in [0, 0.05) is 0 Å². The van der Waals surface area contributed by atoms with E-state index in [1.165, 1.54) is 18.4 Å². The number of hydrogen-bond acceptors (Lipinski definition) is 2. The molecule has 0 aliphatic carbocycles. The molecule has 1 rings (SSSR count). The van der Waals surface area contributed by atoms with E-state index in [2.05, 4.69) is 13.0 Å². The molecule has 0 fully saturated rings. The van der Waals surface area contributed by atoms with Crippen LogP contribution in [0.5, 0.6) is 11.5 Å². The number of rotatable bonds is 5. The summed E-state index contributed by atoms with van der Waals surface area (Å²) in [7, 11) is 3.30. The molecule has 0 saturated carbocycles. The molecule has 1 aromatic rings. The van der Waals surface area contributed by atoms with Gasteiger partial charge in [-0.1, -0.05) is 13.3 Å². The second kappa shape index (κ2) is 5.53. The molecule has 0 atom stereocenters. The second-order valence-corrected chi connectivity index (χ2v) is 3.23. The zero-order valence-electron chi connectivity index (χ0n) is 9.09. The average molecular weight is 193 g/mol. The van der Waals surface area contributed by atoms with Crippen LogP contribution in [0.1, 0.15) is 25.3 Å². The highest BCUT2D eigenvalue weighted by Crippen LogP contribution is 2.22. The highest BCUT2D eigenvalue weighted by atomic mass is 16.5. The van der Waals surface area contributed by atoms with Crippen LogP contribution in [0.15, 0.2) is 12.1 Å². The predicted octanol–water partition coefficient (Wildman–Crippen LogP) is 2.85. The fourth-order valence-electron chi connectivity index (χ4n) is 1.32. The molecule has 1 radical (unpaired) electrons. The molecule has 0 saturated heterocycles. The summed E-state index contributed by atoms with van der Waals surface area (Å²) in [4.78, 5) is 0. The van der Waals surface area contributed by atoms with Gasteiger partial charge in [0.2, 0.25) is 0 Å². The van der Waals surface area contributed by atoms with E-state index in [-0.39, 0.29) is 0 Å². The number of methoxy groups -OCH3 is 2. The average Bonchev–Trinajstić information content (AvgIpc) is 2.25. The summed E-state index contributed by atoms with van der Waals surface area (Å²) >= 11 is 0. The predicted molar refractivity (Wildman–Crippen MR) is 57.0 cm³/mol. The Morgan fingerprint density at radius 3 is 2.14 bits per heavy atom. The zero-order valence-corrected chi connectivity index (χ0v) is 9.09. The van der Waals surface area contributed by atoms with E-state index in [1.54, 1.807) is 14.2 Å². The van der Waals surface area contributed by atoms with Crippen LogP contribution < -0.4 is 9.47 Å². The third kappa shape index (κ3) is 2.95. The van der Waals surface area contributed by atoms with E-state index >= 15 is 0 Å². The summed E-state index contributed by atoms with van der Waals surface area (Å²) in [6.07, 6.45) is 3.46. The van der Waals surface area contributed by atoms with Crippen LogP contribution in [0.4, 0.5) is 0 Å². The minimum atomic E-state index is 0.746. The summed E-state index contributed by atoms with van der Waals surface area (Å²) in [5.41, 5.74) is 1.25. The molecule has 2 nitrogen and oxygen atoms in total. The van der Waals surface area contributed by atoms with Crippen molar-refractivity contribution in [1.29, 1.82) is 0 Å². The van der Waals surface area contributed by atoms with Gasteiger partial charge in [0.05, 0.1) is 20.3 Å². The summed E-state index contributed by atoms with van der Waals surface area (Å²) in [5.74, 6) is 1.49. The molecule has 0 N–H and O–H groups in total. The van der Waals surface area contributed by atoms with Crippen molar-refractivity contribution < 1.29 is 9.47 Å². The number of hydrogen-bond donors (Lipinski definition) is 0. The quantitative estimate of drug-likeness (QED) is 0.716. The summed E-state index contributed by atoms with van der Waals surface area (Å²) in [5, 5.41) is 0. The Bertz CT molecular complexity index is 259. The Morgan fingerprint density at radius 1 is 1.14 bits per heavy atom. The molecule has 1 aromatic carbocycles. The largest absolute Gasteiger partial charge is 0.496 e. The van der Waals surface area contributed by atoms with Crippen LogP contribution in [0, 0.1) is 6.07 Å². The molecule has 0 aromatic heterocycles. The summed E-state index contributed by atoms with van der Waals surface area (Å²) in [6, 6.07) is 7.04. The van der Waals surface area contributed by atoms with Crippen LogP contribution in [0.3, 0.4) is 0 Å². The van der Waals surface area contributed by atoms with Gasteiger partial charge in [-0.25, -0.2) is 0 Å². The van der Waals surface area contributed by atoms with E-state index < -0.39 is 0 Å². The first-order valence-electron chi connectivity index (χ1n) is 4.94. The van der Waals surface area contributed by atoms with Crippen LogP contribution in [-0.2, 0) is 6.42 Å². The maximum atomic E-state index is 5.14. The van der Waals surface area contributed by atoms with Crippen molar-refractivity contribution >= 4 is 0 Å². The summed E-state index contributed by atoms with van der Waals surface area (Å²) < 4.78 is 10.3. The van der Waals surface area contributed by atoms with E-state index in [0.717, 1.165) is 17.9 Å². The Balaban J connectivity index is 2.81. The molecule has 2 heteroatoms. The number of benzene rings is 1. The molecular weight excluding hydrogens is 176 g/mol. The SMILES string of the molecule is CCCCc1cc(OC)[c]c(OC)c1. The molecule has 77 valence electrons. The van der Waals surface area contributed by atoms with E-state index in [1.807, 2.05) is 12.1 Å². The first-order valence-corrected chi connectivity index (χ1v) is 4.94. The molecule has 0 aliphatic heterocycles. The van der Waals surface area contributed by atoms with Crippen LogP contribution >= 0.6 is 0 Å². The van der Waals surface area contributed by atoms with Crippen LogP contribution in [0.2, 0.25) is 0 Å². The molecule has 0 spiro atoms. The lowest BCUT2D eigenvalue weighted by Gasteiger charge is -2.07. The zero-order chi connectivity index (χ0) is 10.4. The first kappa shape index (κ1) is 10.9. The Kier molecular flexibility index (Phi) is 4.30. The van der Waals surface area contributed by atoms with Crippen molar-refractivity contribution in [2.24, 2.45) is 0 Å². The van der Waals surface area contributed by atoms with Crippen molar-refractivity contribution in [3.8, 4) is 11.5 Å². The van der Waals surface area contributed by atoms with Crippen molar-refractivity contribution in [3.05, 3.63) is 23.8 Å². The third-order valence-electron chi connectivity index (χ3n) is 2.14. The molecule has 0 aliphatic rings. The fraction of sp³-hybridized carbons (Fsp3) is 0.500. The van der Waals surface area contributed by atoms with E-state index in [4.69, 9.17) is 9.47 Å². The normalized spacial score (nSPS) is 9.93. The molecule has 0 unspecified atom stereocenters. The minimum absolute atomic E-state index is 0.746. The lowest BCUT2D eigenvalue weighted by atomic mass is 10.1. The maximum absolute atomic E-state index is 5.14. The van der Waals surface area contributed by atoms with Gasteiger partial charge in [-0.15, -0.1) is 0 Å². The van der Waals surface area contributed by atoms with Crippen molar-refractivity contribution in [2.45, 2.75) is 26.2 Å². The standard InChI is InChI=1S/C12H17O2/c1-4-5-6-10-7-11(13-2)9-12(8-10)14-3/h7-8H,4-6H2,1-3H3. The van der Waals surface area contributed by atoms with Crippen LogP contribution in [-0.4, -0.2) is 14.2 Å². The number of unbranched alkanes of at least 4 members (excludes halogenated alkanes) is 1. The molecule has 0 bridgehead atoms. The van der Waals surface area contributed by atoms with Crippen LogP contribution in [0.25, 0.3) is 0 Å². The Morgan fingerprint density at radius 2 is 1.71 bits per heavy atom. The van der Waals surface area contributed by atoms with Gasteiger partial charge in [-0.2, -0.15) is 0 Å². The van der Waals surface area contributed by atoms with Gasteiger partial charge < -0.3 is 9.47 Å². The highest BCUT2D eigenvalue weighted by Gasteiger charge is 2.01. The summed E-state index contributed by atoms with van der Waals surface area (Å²) in [6.45, 7) is 2.18. The number of ether oxygens (including phenoxy) is 2. The van der Waals surface area contributed by atoms with Gasteiger partial charge in [0.25, 0.3) is 0 Å². The number of aryl methyl sites for hydroxylation is 1. The van der Waals surface area contributed by atoms with E-state index in [0.29, 0.717) is 0 Å². The molecule has 0 heterocycles. The van der Waals surface area contributed by atoms with Gasteiger partial charge >= 0.3 is 0 Å². The Labute approximate surface area is 85.8 Å². The fourth-order valence-corrected chi connectivity index (χ4v) is 1.32. The minimum Gasteiger partial charge on any atom is -0.496 e. The highest BCUT2D eigenvalue weighted by molar-refractivity contribution is 5.37. The lowest BCUT2D eigenvalue weighted by molar-refractivity contribution is 0.391. The van der Waals surface area contributed by atoms with Gasteiger partial charge in [0.1, 0.15) is 11.5 Å². The third-order valence-corrected chi connectivity index (χ3v) is 2.14. The lowest BCUT2D eigenvalue weighted by Crippen LogP contribution is -1.92. The van der Waals surface area contributed by atoms with E-state index in [9.17, 15) is 0 Å². The van der Waals surface area contributed by atoms with Gasteiger partial charge in [-0.05, 0) is 30.5 Å². The molecule has 0 amide bonds. The monoisotopic (exact) mass is 193 g/mol. The topological polar surface area (TPSA) is 18.5 Å². The van der Waals surface area contributed by atoms with Gasteiger partial charge in [0.15, 0.2) is 0 Å². The second-order valence-electron chi connectivity index (χ2n) is 3.23. The maximum Gasteiger partial charge on any atom is 0.130 e. The Hall–Kier alpha value is -1.18. The molecule has 14 heavy (non-hydrogen) atoms. The van der Waals surface area contributed by atoms with Crippen molar-refractivity contribution in [3.63, 3.8) is 0 Å². The van der Waals surface area contributed by atoms with Crippen molar-refractivity contribution in [1.82, 2.24) is 0 Å². The molecular formula is C12H17O2.